The molecule has 0 fully saturated rings. The van der Waals surface area contributed by atoms with E-state index in [2.05, 4.69) is 11.4 Å². The van der Waals surface area contributed by atoms with Crippen molar-refractivity contribution < 1.29 is 4.79 Å². The molecule has 0 aliphatic carbocycles. The summed E-state index contributed by atoms with van der Waals surface area (Å²) >= 11 is 5.97. The highest BCUT2D eigenvalue weighted by Crippen LogP contribution is 2.21. The van der Waals surface area contributed by atoms with Gasteiger partial charge in [-0.2, -0.15) is 0 Å². The first-order valence-corrected chi connectivity index (χ1v) is 7.21. The maximum atomic E-state index is 12.5. The zero-order valence-corrected chi connectivity index (χ0v) is 11.9. The van der Waals surface area contributed by atoms with Crippen LogP contribution in [0.1, 0.15) is 27.0 Å². The molecule has 0 saturated heterocycles. The monoisotopic (exact) mass is 285 g/mol. The fourth-order valence-corrected chi connectivity index (χ4v) is 2.93. The first-order valence-electron chi connectivity index (χ1n) is 6.83. The van der Waals surface area contributed by atoms with Gasteiger partial charge in [-0.25, -0.2) is 0 Å². The number of carbonyl (C=O) groups is 1. The number of nitrogens with one attached hydrogen (secondary N) is 1. The zero-order valence-electron chi connectivity index (χ0n) is 11.2. The molecule has 0 saturated carbocycles. The number of rotatable bonds is 3. The molecule has 1 heterocycles. The van der Waals surface area contributed by atoms with E-state index in [1.807, 2.05) is 36.4 Å². The zero-order chi connectivity index (χ0) is 13.9. The van der Waals surface area contributed by atoms with Crippen molar-refractivity contribution in [1.29, 1.82) is 0 Å². The molecule has 1 aliphatic rings. The highest BCUT2D eigenvalue weighted by molar-refractivity contribution is 6.30. The van der Waals surface area contributed by atoms with Crippen molar-refractivity contribution >= 4 is 17.4 Å². The van der Waals surface area contributed by atoms with E-state index in [9.17, 15) is 4.79 Å². The third kappa shape index (κ3) is 2.77. The molecular formula is C17H16ClNO. The Hall–Kier alpha value is -1.64. The van der Waals surface area contributed by atoms with Crippen molar-refractivity contribution in [2.45, 2.75) is 19.4 Å². The summed E-state index contributed by atoms with van der Waals surface area (Å²) in [7, 11) is 0. The Kier molecular flexibility index (Phi) is 3.86. The molecule has 0 amide bonds. The van der Waals surface area contributed by atoms with E-state index in [4.69, 9.17) is 11.6 Å². The normalized spacial score (nSPS) is 13.8. The van der Waals surface area contributed by atoms with Gasteiger partial charge in [-0.15, -0.1) is 0 Å². The third-order valence-corrected chi connectivity index (χ3v) is 3.93. The van der Waals surface area contributed by atoms with Crippen LogP contribution >= 0.6 is 11.6 Å². The predicted octanol–water partition coefficient (Wildman–Crippen LogP) is 3.41. The molecule has 0 bridgehead atoms. The lowest BCUT2D eigenvalue weighted by Gasteiger charge is -2.19. The van der Waals surface area contributed by atoms with E-state index in [0.717, 1.165) is 30.6 Å². The van der Waals surface area contributed by atoms with E-state index in [-0.39, 0.29) is 5.78 Å². The molecule has 2 aromatic rings. The minimum Gasteiger partial charge on any atom is -0.312 e. The molecule has 0 atom stereocenters. The number of Topliss-reactive ketones (excluding diaryl/α,β-unsaturated/α-hetero) is 1. The average Bonchev–Trinajstić information content (AvgIpc) is 2.46. The van der Waals surface area contributed by atoms with Gasteiger partial charge in [-0.3, -0.25) is 4.79 Å². The van der Waals surface area contributed by atoms with Gasteiger partial charge in [0.2, 0.25) is 0 Å². The maximum Gasteiger partial charge on any atom is 0.167 e. The van der Waals surface area contributed by atoms with Gasteiger partial charge in [-0.1, -0.05) is 41.9 Å². The Bertz CT molecular complexity index is 651. The SMILES string of the molecule is O=C(Cc1cccc(Cl)c1)c1cccc2c1CCNC2. The van der Waals surface area contributed by atoms with Gasteiger partial charge < -0.3 is 5.32 Å². The number of halogens is 1. The summed E-state index contributed by atoms with van der Waals surface area (Å²) < 4.78 is 0. The van der Waals surface area contributed by atoms with Crippen molar-refractivity contribution in [1.82, 2.24) is 5.32 Å². The Balaban J connectivity index is 1.88. The number of benzene rings is 2. The molecule has 20 heavy (non-hydrogen) atoms. The number of carbonyl (C=O) groups excluding carboxylic acids is 1. The quantitative estimate of drug-likeness (QED) is 0.876. The molecule has 102 valence electrons. The molecule has 0 spiro atoms. The van der Waals surface area contributed by atoms with Crippen LogP contribution in [0.3, 0.4) is 0 Å². The van der Waals surface area contributed by atoms with Crippen LogP contribution in [-0.2, 0) is 19.4 Å². The number of fused-ring (bicyclic) bond motifs is 1. The highest BCUT2D eigenvalue weighted by atomic mass is 35.5. The van der Waals surface area contributed by atoms with Crippen molar-refractivity contribution in [3.63, 3.8) is 0 Å². The van der Waals surface area contributed by atoms with E-state index in [1.54, 1.807) is 0 Å². The summed E-state index contributed by atoms with van der Waals surface area (Å²) in [5.74, 6) is 0.172. The van der Waals surface area contributed by atoms with Gasteiger partial charge in [0.25, 0.3) is 0 Å². The third-order valence-electron chi connectivity index (χ3n) is 3.69. The van der Waals surface area contributed by atoms with Gasteiger partial charge >= 0.3 is 0 Å². The minimum atomic E-state index is 0.172. The molecule has 0 unspecified atom stereocenters. The topological polar surface area (TPSA) is 29.1 Å². The lowest BCUT2D eigenvalue weighted by atomic mass is 9.91. The van der Waals surface area contributed by atoms with Gasteiger partial charge in [0.1, 0.15) is 0 Å². The summed E-state index contributed by atoms with van der Waals surface area (Å²) in [6.07, 6.45) is 1.33. The molecule has 1 N–H and O–H groups in total. The van der Waals surface area contributed by atoms with Crippen LogP contribution in [0.25, 0.3) is 0 Å². The van der Waals surface area contributed by atoms with Crippen LogP contribution < -0.4 is 5.32 Å². The maximum absolute atomic E-state index is 12.5. The highest BCUT2D eigenvalue weighted by Gasteiger charge is 2.17. The second-order valence-corrected chi connectivity index (χ2v) is 5.54. The van der Waals surface area contributed by atoms with Gasteiger partial charge in [0, 0.05) is 23.6 Å². The molecule has 2 nitrogen and oxygen atoms in total. The van der Waals surface area contributed by atoms with Crippen molar-refractivity contribution in [2.75, 3.05) is 6.54 Å². The van der Waals surface area contributed by atoms with Gasteiger partial charge in [0.05, 0.1) is 0 Å². The smallest absolute Gasteiger partial charge is 0.167 e. The number of ketones is 1. The Morgan fingerprint density at radius 3 is 2.90 bits per heavy atom. The average molecular weight is 286 g/mol. The molecule has 3 rings (SSSR count). The van der Waals surface area contributed by atoms with Crippen molar-refractivity contribution in [2.24, 2.45) is 0 Å². The largest absolute Gasteiger partial charge is 0.312 e. The van der Waals surface area contributed by atoms with Crippen LogP contribution in [0.4, 0.5) is 0 Å². The molecule has 3 heteroatoms. The van der Waals surface area contributed by atoms with E-state index < -0.39 is 0 Å². The standard InChI is InChI=1S/C17H16ClNO/c18-14-5-1-3-12(9-14)10-17(20)16-6-2-4-13-11-19-8-7-15(13)16/h1-6,9,19H,7-8,10-11H2. The lowest BCUT2D eigenvalue weighted by Crippen LogP contribution is -2.25. The molecule has 0 radical (unpaired) electrons. The van der Waals surface area contributed by atoms with Crippen LogP contribution in [0.5, 0.6) is 0 Å². The second kappa shape index (κ2) is 5.78. The molecule has 2 aromatic carbocycles. The summed E-state index contributed by atoms with van der Waals surface area (Å²) in [6, 6.07) is 13.5. The van der Waals surface area contributed by atoms with E-state index >= 15 is 0 Å². The minimum absolute atomic E-state index is 0.172. The molecular weight excluding hydrogens is 270 g/mol. The second-order valence-electron chi connectivity index (χ2n) is 5.10. The Labute approximate surface area is 123 Å². The van der Waals surface area contributed by atoms with E-state index in [1.165, 1.54) is 11.1 Å². The summed E-state index contributed by atoms with van der Waals surface area (Å²) in [4.78, 5) is 12.5. The fraction of sp³-hybridized carbons (Fsp3) is 0.235. The summed E-state index contributed by atoms with van der Waals surface area (Å²) in [5, 5.41) is 4.01. The van der Waals surface area contributed by atoms with E-state index in [0.29, 0.717) is 11.4 Å². The van der Waals surface area contributed by atoms with Crippen LogP contribution in [-0.4, -0.2) is 12.3 Å². The molecule has 1 aliphatic heterocycles. The Morgan fingerprint density at radius 2 is 2.05 bits per heavy atom. The summed E-state index contributed by atoms with van der Waals surface area (Å²) in [5.41, 5.74) is 4.28. The van der Waals surface area contributed by atoms with Gasteiger partial charge in [-0.05, 0) is 41.8 Å². The van der Waals surface area contributed by atoms with Crippen LogP contribution in [0.2, 0.25) is 5.02 Å². The van der Waals surface area contributed by atoms with Gasteiger partial charge in [0.15, 0.2) is 5.78 Å². The van der Waals surface area contributed by atoms with Crippen LogP contribution in [0, 0.1) is 0 Å². The first kappa shape index (κ1) is 13.3. The fourth-order valence-electron chi connectivity index (χ4n) is 2.72. The van der Waals surface area contributed by atoms with Crippen LogP contribution in [0.15, 0.2) is 42.5 Å². The lowest BCUT2D eigenvalue weighted by molar-refractivity contribution is 0.0992. The predicted molar refractivity (Wildman–Crippen MR) is 81.3 cm³/mol. The summed E-state index contributed by atoms with van der Waals surface area (Å²) in [6.45, 7) is 1.79. The molecule has 0 aromatic heterocycles. The number of hydrogen-bond acceptors (Lipinski definition) is 2. The first-order chi connectivity index (χ1) is 9.74. The Morgan fingerprint density at radius 1 is 1.20 bits per heavy atom. The van der Waals surface area contributed by atoms with Crippen molar-refractivity contribution in [3.8, 4) is 0 Å². The number of hydrogen-bond donors (Lipinski definition) is 1. The van der Waals surface area contributed by atoms with Crippen molar-refractivity contribution in [3.05, 3.63) is 69.7 Å².